The maximum Gasteiger partial charge on any atom is 0.237 e. The molecule has 2 aromatic rings. The molecule has 6 heteroatoms. The van der Waals surface area contributed by atoms with Crippen molar-refractivity contribution in [2.45, 2.75) is 44.9 Å². The smallest absolute Gasteiger partial charge is 0.237 e. The second-order valence-corrected chi connectivity index (χ2v) is 6.37. The molecule has 0 bridgehead atoms. The average molecular weight is 316 g/mol. The van der Waals surface area contributed by atoms with Gasteiger partial charge in [-0.2, -0.15) is 0 Å². The van der Waals surface area contributed by atoms with Crippen LogP contribution < -0.4 is 10.6 Å². The number of carbonyl (C=O) groups is 1. The Balaban J connectivity index is 1.65. The predicted molar refractivity (Wildman–Crippen MR) is 89.2 cm³/mol. The van der Waals surface area contributed by atoms with Crippen LogP contribution in [-0.2, 0) is 11.2 Å². The lowest BCUT2D eigenvalue weighted by Gasteiger charge is -2.14. The van der Waals surface area contributed by atoms with E-state index < -0.39 is 6.10 Å². The number of imidazole rings is 1. The number of nitrogens with one attached hydrogen (secondary N) is 2. The molecule has 1 aromatic carbocycles. The summed E-state index contributed by atoms with van der Waals surface area (Å²) in [5.74, 6) is 0.940. The van der Waals surface area contributed by atoms with Crippen molar-refractivity contribution in [3.8, 4) is 0 Å². The third kappa shape index (κ3) is 3.38. The Labute approximate surface area is 135 Å². The maximum absolute atomic E-state index is 12.1. The third-order valence-electron chi connectivity index (χ3n) is 4.26. The van der Waals surface area contributed by atoms with Crippen molar-refractivity contribution in [3.05, 3.63) is 30.1 Å². The van der Waals surface area contributed by atoms with E-state index in [4.69, 9.17) is 4.98 Å². The van der Waals surface area contributed by atoms with Crippen molar-refractivity contribution in [1.29, 1.82) is 0 Å². The highest BCUT2D eigenvalue weighted by atomic mass is 16.3. The minimum absolute atomic E-state index is 0.0474. The zero-order chi connectivity index (χ0) is 16.4. The normalized spacial score (nSPS) is 21.2. The maximum atomic E-state index is 12.1. The summed E-state index contributed by atoms with van der Waals surface area (Å²) in [5, 5.41) is 15.4. The van der Waals surface area contributed by atoms with Gasteiger partial charge in [0.05, 0.1) is 23.2 Å². The average Bonchev–Trinajstić information content (AvgIpc) is 3.10. The zero-order valence-electron chi connectivity index (χ0n) is 13.6. The van der Waals surface area contributed by atoms with Crippen LogP contribution in [0.3, 0.4) is 0 Å². The van der Waals surface area contributed by atoms with Crippen LogP contribution >= 0.6 is 0 Å². The highest BCUT2D eigenvalue weighted by molar-refractivity contribution is 5.82. The topological polar surface area (TPSA) is 79.2 Å². The molecular weight excluding hydrogens is 292 g/mol. The lowest BCUT2D eigenvalue weighted by Crippen LogP contribution is -2.41. The summed E-state index contributed by atoms with van der Waals surface area (Å²) in [7, 11) is 0. The van der Waals surface area contributed by atoms with Crippen molar-refractivity contribution in [2.24, 2.45) is 0 Å². The summed E-state index contributed by atoms with van der Waals surface area (Å²) in [6.45, 7) is 5.31. The molecule has 1 aromatic heterocycles. The molecule has 0 saturated carbocycles. The van der Waals surface area contributed by atoms with E-state index in [0.717, 1.165) is 16.9 Å². The van der Waals surface area contributed by atoms with Gasteiger partial charge in [-0.15, -0.1) is 0 Å². The second kappa shape index (κ2) is 6.68. The van der Waals surface area contributed by atoms with Gasteiger partial charge in [0.2, 0.25) is 5.91 Å². The third-order valence-corrected chi connectivity index (χ3v) is 4.26. The first-order valence-corrected chi connectivity index (χ1v) is 8.21. The number of amides is 1. The number of aromatic nitrogens is 2. The van der Waals surface area contributed by atoms with E-state index in [0.29, 0.717) is 32.0 Å². The molecule has 0 aliphatic carbocycles. The predicted octanol–water partition coefficient (Wildman–Crippen LogP) is 0.999. The summed E-state index contributed by atoms with van der Waals surface area (Å²) < 4.78 is 2.22. The van der Waals surface area contributed by atoms with E-state index in [1.54, 1.807) is 0 Å². The fourth-order valence-electron chi connectivity index (χ4n) is 3.18. The number of hydrogen-bond acceptors (Lipinski definition) is 4. The van der Waals surface area contributed by atoms with Crippen molar-refractivity contribution in [1.82, 2.24) is 20.2 Å². The number of fused-ring (bicyclic) bond motifs is 1. The Bertz CT molecular complexity index is 695. The van der Waals surface area contributed by atoms with Gasteiger partial charge in [-0.3, -0.25) is 4.79 Å². The van der Waals surface area contributed by atoms with Gasteiger partial charge >= 0.3 is 0 Å². The molecule has 1 aliphatic heterocycles. The van der Waals surface area contributed by atoms with Gasteiger partial charge in [-0.05, 0) is 32.4 Å². The van der Waals surface area contributed by atoms with E-state index in [-0.39, 0.29) is 11.9 Å². The molecule has 1 saturated heterocycles. The van der Waals surface area contributed by atoms with Crippen molar-refractivity contribution in [3.63, 3.8) is 0 Å². The number of nitrogens with zero attached hydrogens (tertiary/aromatic N) is 2. The number of rotatable bonds is 5. The fourth-order valence-corrected chi connectivity index (χ4v) is 3.18. The molecule has 23 heavy (non-hydrogen) atoms. The van der Waals surface area contributed by atoms with Crippen LogP contribution in [0.4, 0.5) is 0 Å². The van der Waals surface area contributed by atoms with Crippen LogP contribution in [0.1, 0.15) is 32.1 Å². The lowest BCUT2D eigenvalue weighted by molar-refractivity contribution is -0.122. The highest BCUT2D eigenvalue weighted by Gasteiger charge is 2.27. The van der Waals surface area contributed by atoms with E-state index >= 15 is 0 Å². The summed E-state index contributed by atoms with van der Waals surface area (Å²) in [4.78, 5) is 16.8. The van der Waals surface area contributed by atoms with Crippen molar-refractivity contribution in [2.75, 3.05) is 13.1 Å². The highest BCUT2D eigenvalue weighted by Crippen LogP contribution is 2.21. The van der Waals surface area contributed by atoms with E-state index in [1.807, 2.05) is 18.2 Å². The molecule has 0 radical (unpaired) electrons. The fraction of sp³-hybridized carbons (Fsp3) is 0.529. The van der Waals surface area contributed by atoms with Gasteiger partial charge in [0.15, 0.2) is 0 Å². The van der Waals surface area contributed by atoms with E-state index in [1.165, 1.54) is 0 Å². The van der Waals surface area contributed by atoms with Crippen LogP contribution in [0.25, 0.3) is 11.0 Å². The Morgan fingerprint density at radius 2 is 2.26 bits per heavy atom. The van der Waals surface area contributed by atoms with Crippen LogP contribution in [0.15, 0.2) is 24.3 Å². The van der Waals surface area contributed by atoms with Crippen LogP contribution in [0.2, 0.25) is 0 Å². The van der Waals surface area contributed by atoms with Gasteiger partial charge in [-0.25, -0.2) is 4.98 Å². The largest absolute Gasteiger partial charge is 0.392 e. The number of aliphatic hydroxyl groups is 1. The number of hydrogen-bond donors (Lipinski definition) is 3. The van der Waals surface area contributed by atoms with Gasteiger partial charge in [-0.1, -0.05) is 12.1 Å². The molecular formula is C17H24N4O2. The zero-order valence-corrected chi connectivity index (χ0v) is 13.6. The van der Waals surface area contributed by atoms with Gasteiger partial charge in [0.1, 0.15) is 5.82 Å². The van der Waals surface area contributed by atoms with Crippen molar-refractivity contribution >= 4 is 16.9 Å². The van der Waals surface area contributed by atoms with E-state index in [2.05, 4.69) is 35.1 Å². The monoisotopic (exact) mass is 316 g/mol. The van der Waals surface area contributed by atoms with Gasteiger partial charge in [0, 0.05) is 25.6 Å². The van der Waals surface area contributed by atoms with Crippen LogP contribution in [0.5, 0.6) is 0 Å². The molecule has 0 spiro atoms. The molecule has 3 N–H and O–H groups in total. The molecule has 1 fully saturated rings. The molecule has 1 aliphatic rings. The quantitative estimate of drug-likeness (QED) is 0.769. The molecule has 2 unspecified atom stereocenters. The molecule has 3 rings (SSSR count). The standard InChI is InChI=1S/C17H24N4O2/c1-11(2)21-15-6-4-3-5-13(15)20-16(21)7-8-18-17(23)14-9-12(22)10-19-14/h3-6,11-12,14,19,22H,7-10H2,1-2H3,(H,18,23). The Kier molecular flexibility index (Phi) is 4.63. The SMILES string of the molecule is CC(C)n1c(CCNC(=O)C2CC(O)CN2)nc2ccccc21. The second-order valence-electron chi connectivity index (χ2n) is 6.37. The number of benzene rings is 1. The Hall–Kier alpha value is -1.92. The number of carbonyl (C=O) groups excluding carboxylic acids is 1. The summed E-state index contributed by atoms with van der Waals surface area (Å²) >= 11 is 0. The minimum atomic E-state index is -0.420. The van der Waals surface area contributed by atoms with Crippen molar-refractivity contribution < 1.29 is 9.90 Å². The molecule has 2 heterocycles. The number of aliphatic hydroxyl groups excluding tert-OH is 1. The first-order chi connectivity index (χ1) is 11.1. The van der Waals surface area contributed by atoms with Gasteiger partial charge < -0.3 is 20.3 Å². The first kappa shape index (κ1) is 16.0. The Morgan fingerprint density at radius 1 is 1.48 bits per heavy atom. The minimum Gasteiger partial charge on any atom is -0.392 e. The Morgan fingerprint density at radius 3 is 2.96 bits per heavy atom. The van der Waals surface area contributed by atoms with Gasteiger partial charge in [0.25, 0.3) is 0 Å². The molecule has 1 amide bonds. The van der Waals surface area contributed by atoms with Crippen LogP contribution in [0, 0.1) is 0 Å². The summed E-state index contributed by atoms with van der Waals surface area (Å²) in [6.07, 6.45) is 0.750. The molecule has 6 nitrogen and oxygen atoms in total. The number of β-amino-alcohol motifs (C(OH)–C–C–N with tert-alkyl or cyclic N) is 1. The summed E-state index contributed by atoms with van der Waals surface area (Å²) in [6, 6.07) is 8.14. The molecule has 124 valence electrons. The summed E-state index contributed by atoms with van der Waals surface area (Å²) in [5.41, 5.74) is 2.12. The molecule has 2 atom stereocenters. The first-order valence-electron chi connectivity index (χ1n) is 8.21. The van der Waals surface area contributed by atoms with E-state index in [9.17, 15) is 9.90 Å². The lowest BCUT2D eigenvalue weighted by atomic mass is 10.2. The van der Waals surface area contributed by atoms with Crippen LogP contribution in [-0.4, -0.2) is 45.8 Å². The number of para-hydroxylation sites is 2.